The Hall–Kier alpha value is -1.95. The van der Waals surface area contributed by atoms with Crippen LogP contribution in [0.25, 0.3) is 0 Å². The molecule has 0 spiro atoms. The number of hydrogen-bond acceptors (Lipinski definition) is 4. The molecule has 1 aromatic carbocycles. The van der Waals surface area contributed by atoms with Crippen LogP contribution in [0.4, 0.5) is 0 Å². The van der Waals surface area contributed by atoms with Crippen molar-refractivity contribution in [1.29, 1.82) is 0 Å². The van der Waals surface area contributed by atoms with E-state index in [1.54, 1.807) is 0 Å². The summed E-state index contributed by atoms with van der Waals surface area (Å²) in [5, 5.41) is 5.18. The molecule has 21 heavy (non-hydrogen) atoms. The quantitative estimate of drug-likeness (QED) is 0.801. The molecule has 0 fully saturated rings. The maximum Gasteiger partial charge on any atom is 0.251 e. The fourth-order valence-corrected chi connectivity index (χ4v) is 1.81. The Morgan fingerprint density at radius 3 is 2.62 bits per heavy atom. The normalized spacial score (nSPS) is 9.90. The van der Waals surface area contributed by atoms with E-state index in [4.69, 9.17) is 21.1 Å². The summed E-state index contributed by atoms with van der Waals surface area (Å²) in [6.45, 7) is 2.36. The van der Waals surface area contributed by atoms with Gasteiger partial charge in [0.25, 0.3) is 5.91 Å². The second-order valence-corrected chi connectivity index (χ2v) is 4.60. The van der Waals surface area contributed by atoms with Gasteiger partial charge in [-0.25, -0.2) is 0 Å². The standard InChI is InChI=1S/C14H19ClN2O4/c1-4-5-21-13-10(15)6-9(7-11(13)20-3)14(19)17-8-12(18)16-2/h6-7H,4-5,8H2,1-3H3,(H,16,18)(H,17,19). The molecular formula is C14H19ClN2O4. The van der Waals surface area contributed by atoms with Crippen molar-refractivity contribution in [3.63, 3.8) is 0 Å². The third kappa shape index (κ3) is 4.82. The predicted octanol–water partition coefficient (Wildman–Crippen LogP) is 1.61. The molecule has 0 saturated heterocycles. The van der Waals surface area contributed by atoms with Crippen molar-refractivity contribution in [2.75, 3.05) is 27.3 Å². The molecule has 1 rings (SSSR count). The molecule has 1 aromatic rings. The smallest absolute Gasteiger partial charge is 0.251 e. The van der Waals surface area contributed by atoms with Crippen LogP contribution in [-0.4, -0.2) is 39.1 Å². The Morgan fingerprint density at radius 1 is 1.33 bits per heavy atom. The topological polar surface area (TPSA) is 76.7 Å². The van der Waals surface area contributed by atoms with Gasteiger partial charge in [0.1, 0.15) is 0 Å². The van der Waals surface area contributed by atoms with Gasteiger partial charge in [0.05, 0.1) is 25.3 Å². The van der Waals surface area contributed by atoms with E-state index >= 15 is 0 Å². The molecule has 0 radical (unpaired) electrons. The molecule has 2 N–H and O–H groups in total. The van der Waals surface area contributed by atoms with E-state index in [9.17, 15) is 9.59 Å². The molecule has 0 aromatic heterocycles. The number of carbonyl (C=O) groups is 2. The van der Waals surface area contributed by atoms with Crippen molar-refractivity contribution in [2.24, 2.45) is 0 Å². The van der Waals surface area contributed by atoms with Crippen molar-refractivity contribution in [2.45, 2.75) is 13.3 Å². The predicted molar refractivity (Wildman–Crippen MR) is 80.2 cm³/mol. The van der Waals surface area contributed by atoms with Crippen LogP contribution in [0.1, 0.15) is 23.7 Å². The van der Waals surface area contributed by atoms with E-state index in [0.29, 0.717) is 23.7 Å². The van der Waals surface area contributed by atoms with Crippen LogP contribution in [0, 0.1) is 0 Å². The number of nitrogens with one attached hydrogen (secondary N) is 2. The number of rotatable bonds is 7. The minimum absolute atomic E-state index is 0.108. The molecule has 6 nitrogen and oxygen atoms in total. The lowest BCUT2D eigenvalue weighted by atomic mass is 10.2. The minimum atomic E-state index is -0.416. The van der Waals surface area contributed by atoms with Gasteiger partial charge in [-0.05, 0) is 18.6 Å². The molecule has 0 unspecified atom stereocenters. The number of benzene rings is 1. The second-order valence-electron chi connectivity index (χ2n) is 4.19. The minimum Gasteiger partial charge on any atom is -0.493 e. The summed E-state index contributed by atoms with van der Waals surface area (Å²) in [5.74, 6) is 0.0788. The van der Waals surface area contributed by atoms with Gasteiger partial charge in [0.2, 0.25) is 5.91 Å². The Balaban J connectivity index is 2.91. The van der Waals surface area contributed by atoms with Crippen LogP contribution in [-0.2, 0) is 4.79 Å². The number of ether oxygens (including phenoxy) is 2. The van der Waals surface area contributed by atoms with Crippen LogP contribution in [0.3, 0.4) is 0 Å². The average molecular weight is 315 g/mol. The molecular weight excluding hydrogens is 296 g/mol. The van der Waals surface area contributed by atoms with E-state index < -0.39 is 5.91 Å². The van der Waals surface area contributed by atoms with E-state index in [1.807, 2.05) is 6.92 Å². The molecule has 116 valence electrons. The van der Waals surface area contributed by atoms with Crippen molar-refractivity contribution in [3.8, 4) is 11.5 Å². The van der Waals surface area contributed by atoms with Crippen LogP contribution < -0.4 is 20.1 Å². The lowest BCUT2D eigenvalue weighted by Gasteiger charge is -2.13. The van der Waals surface area contributed by atoms with Gasteiger partial charge < -0.3 is 20.1 Å². The number of carbonyl (C=O) groups excluding carboxylic acids is 2. The largest absolute Gasteiger partial charge is 0.493 e. The number of halogens is 1. The zero-order valence-corrected chi connectivity index (χ0v) is 13.0. The van der Waals surface area contributed by atoms with Gasteiger partial charge in [-0.2, -0.15) is 0 Å². The zero-order chi connectivity index (χ0) is 15.8. The second kappa shape index (κ2) is 8.36. The van der Waals surface area contributed by atoms with Gasteiger partial charge in [0.15, 0.2) is 11.5 Å². The summed E-state index contributed by atoms with van der Waals surface area (Å²) in [7, 11) is 2.96. The molecule has 0 heterocycles. The maximum atomic E-state index is 12.0. The monoisotopic (exact) mass is 314 g/mol. The number of methoxy groups -OCH3 is 1. The fourth-order valence-electron chi connectivity index (χ4n) is 1.55. The van der Waals surface area contributed by atoms with E-state index in [-0.39, 0.29) is 17.5 Å². The zero-order valence-electron chi connectivity index (χ0n) is 12.3. The van der Waals surface area contributed by atoms with Gasteiger partial charge in [-0.3, -0.25) is 9.59 Å². The van der Waals surface area contributed by atoms with Crippen LogP contribution >= 0.6 is 11.6 Å². The first-order valence-corrected chi connectivity index (χ1v) is 6.90. The van der Waals surface area contributed by atoms with Gasteiger partial charge >= 0.3 is 0 Å². The summed E-state index contributed by atoms with van der Waals surface area (Å²) in [5.41, 5.74) is 0.296. The summed E-state index contributed by atoms with van der Waals surface area (Å²) in [4.78, 5) is 23.1. The first-order chi connectivity index (χ1) is 10.0. The maximum absolute atomic E-state index is 12.0. The van der Waals surface area contributed by atoms with Gasteiger partial charge in [-0.15, -0.1) is 0 Å². The highest BCUT2D eigenvalue weighted by molar-refractivity contribution is 6.32. The average Bonchev–Trinajstić information content (AvgIpc) is 2.50. The molecule has 2 amide bonds. The molecule has 0 aliphatic heterocycles. The molecule has 0 bridgehead atoms. The van der Waals surface area contributed by atoms with E-state index in [2.05, 4.69) is 10.6 Å². The number of hydrogen-bond donors (Lipinski definition) is 2. The highest BCUT2D eigenvalue weighted by Crippen LogP contribution is 2.36. The van der Waals surface area contributed by atoms with Crippen molar-refractivity contribution < 1.29 is 19.1 Å². The molecule has 0 saturated carbocycles. The Labute approximate surface area is 128 Å². The first-order valence-electron chi connectivity index (χ1n) is 6.52. The molecule has 7 heteroatoms. The molecule has 0 aliphatic carbocycles. The van der Waals surface area contributed by atoms with E-state index in [1.165, 1.54) is 26.3 Å². The lowest BCUT2D eigenvalue weighted by molar-refractivity contribution is -0.119. The Kier molecular flexibility index (Phi) is 6.81. The lowest BCUT2D eigenvalue weighted by Crippen LogP contribution is -2.35. The SMILES string of the molecule is CCCOc1c(Cl)cc(C(=O)NCC(=O)NC)cc1OC. The molecule has 0 atom stereocenters. The van der Waals surface area contributed by atoms with Gasteiger partial charge in [-0.1, -0.05) is 18.5 Å². The van der Waals surface area contributed by atoms with Crippen LogP contribution in [0.5, 0.6) is 11.5 Å². The Morgan fingerprint density at radius 2 is 2.05 bits per heavy atom. The fraction of sp³-hybridized carbons (Fsp3) is 0.429. The van der Waals surface area contributed by atoms with Crippen LogP contribution in [0.15, 0.2) is 12.1 Å². The Bertz CT molecular complexity index is 520. The molecule has 0 aliphatic rings. The highest BCUT2D eigenvalue weighted by Gasteiger charge is 2.16. The number of amides is 2. The third-order valence-corrected chi connectivity index (χ3v) is 2.91. The number of likely N-dealkylation sites (N-methyl/N-ethyl adjacent to an activating group) is 1. The van der Waals surface area contributed by atoms with Crippen molar-refractivity contribution in [3.05, 3.63) is 22.7 Å². The summed E-state index contributed by atoms with van der Waals surface area (Å²) in [6, 6.07) is 3.00. The summed E-state index contributed by atoms with van der Waals surface area (Å²) in [6.07, 6.45) is 0.827. The summed E-state index contributed by atoms with van der Waals surface area (Å²) < 4.78 is 10.7. The van der Waals surface area contributed by atoms with Gasteiger partial charge in [0, 0.05) is 12.6 Å². The first kappa shape index (κ1) is 17.1. The van der Waals surface area contributed by atoms with E-state index in [0.717, 1.165) is 6.42 Å². The van der Waals surface area contributed by atoms with Crippen LogP contribution in [0.2, 0.25) is 5.02 Å². The highest BCUT2D eigenvalue weighted by atomic mass is 35.5. The van der Waals surface area contributed by atoms with Crippen molar-refractivity contribution in [1.82, 2.24) is 10.6 Å². The summed E-state index contributed by atoms with van der Waals surface area (Å²) >= 11 is 6.12. The van der Waals surface area contributed by atoms with Crippen molar-refractivity contribution >= 4 is 23.4 Å². The third-order valence-electron chi connectivity index (χ3n) is 2.63.